The largest absolute Gasteiger partial charge is 0.527 e. The highest BCUT2D eigenvalue weighted by Crippen LogP contribution is 2.18. The summed E-state index contributed by atoms with van der Waals surface area (Å²) in [4.78, 5) is 65.2. The Labute approximate surface area is 232 Å². The van der Waals surface area contributed by atoms with Gasteiger partial charge >= 0.3 is 12.1 Å². The maximum atomic E-state index is 13.4. The number of carboxylic acids is 1. The van der Waals surface area contributed by atoms with Crippen molar-refractivity contribution >= 4 is 23.9 Å². The number of hydrogen-bond acceptors (Lipinski definition) is 10. The van der Waals surface area contributed by atoms with Crippen molar-refractivity contribution in [3.05, 3.63) is 47.8 Å². The number of carbonyl (C=O) groups is 4. The molecular weight excluding hydrogens is 522 g/mol. The van der Waals surface area contributed by atoms with E-state index in [9.17, 15) is 24.3 Å². The lowest BCUT2D eigenvalue weighted by Gasteiger charge is -2.35. The first-order valence-corrected chi connectivity index (χ1v) is 13.1. The molecule has 13 heteroatoms. The Hall–Kier alpha value is -4.10. The number of amides is 2. The molecule has 40 heavy (non-hydrogen) atoms. The van der Waals surface area contributed by atoms with Gasteiger partial charge < -0.3 is 29.6 Å². The van der Waals surface area contributed by atoms with Crippen LogP contribution in [0.1, 0.15) is 42.9 Å². The molecule has 216 valence electrons. The number of aliphatic carboxylic acids is 1. The molecule has 1 saturated heterocycles. The molecule has 0 aliphatic carbocycles. The minimum Gasteiger partial charge on any atom is -0.481 e. The van der Waals surface area contributed by atoms with Gasteiger partial charge in [-0.25, -0.2) is 14.8 Å². The number of rotatable bonds is 12. The quantitative estimate of drug-likeness (QED) is 0.367. The van der Waals surface area contributed by atoms with E-state index in [-0.39, 0.29) is 57.4 Å². The van der Waals surface area contributed by atoms with Gasteiger partial charge in [0.05, 0.1) is 25.8 Å². The summed E-state index contributed by atoms with van der Waals surface area (Å²) in [6.45, 7) is 4.60. The summed E-state index contributed by atoms with van der Waals surface area (Å²) < 4.78 is 10.1. The lowest BCUT2D eigenvalue weighted by atomic mass is 10.1. The number of benzene rings is 1. The van der Waals surface area contributed by atoms with Crippen LogP contribution >= 0.6 is 0 Å². The zero-order valence-electron chi connectivity index (χ0n) is 22.9. The Morgan fingerprint density at radius 1 is 1.07 bits per heavy atom. The van der Waals surface area contributed by atoms with Crippen molar-refractivity contribution in [3.8, 4) is 11.4 Å². The summed E-state index contributed by atoms with van der Waals surface area (Å²) in [7, 11) is 1.58. The lowest BCUT2D eigenvalue weighted by Crippen LogP contribution is -2.55. The average molecular weight is 558 g/mol. The molecule has 13 nitrogen and oxygen atoms in total. The standard InChI is InChI=1S/C27H35N5O8/c1-4-39-27(37)40-32-14-12-31(13-15-32)26(36)21(10-11-23(33)34)30-25(35)22-17-20(16-18(2)38-3)28-24(29-22)19-8-6-5-7-9-19/h5-9,17-18,21H,4,10-16H2,1-3H3,(H,30,35)(H,33,34)/t18-,21?/m0/s1. The molecule has 1 aliphatic rings. The summed E-state index contributed by atoms with van der Waals surface area (Å²) in [5.74, 6) is -1.81. The van der Waals surface area contributed by atoms with Crippen LogP contribution in [0.3, 0.4) is 0 Å². The van der Waals surface area contributed by atoms with Crippen molar-refractivity contribution in [3.63, 3.8) is 0 Å². The Bertz CT molecular complexity index is 1170. The molecule has 1 aromatic carbocycles. The maximum Gasteiger partial charge on any atom is 0.527 e. The van der Waals surface area contributed by atoms with Crippen LogP contribution in [-0.2, 0) is 30.3 Å². The first-order valence-electron chi connectivity index (χ1n) is 13.1. The van der Waals surface area contributed by atoms with E-state index in [0.29, 0.717) is 23.5 Å². The number of nitrogens with zero attached hydrogens (tertiary/aromatic N) is 4. The summed E-state index contributed by atoms with van der Waals surface area (Å²) in [6, 6.07) is 9.62. The third-order valence-corrected chi connectivity index (χ3v) is 6.21. The molecule has 1 fully saturated rings. The van der Waals surface area contributed by atoms with Crippen LogP contribution in [0, 0.1) is 0 Å². The smallest absolute Gasteiger partial charge is 0.481 e. The van der Waals surface area contributed by atoms with E-state index in [0.717, 1.165) is 0 Å². The Balaban J connectivity index is 1.77. The van der Waals surface area contributed by atoms with Gasteiger partial charge in [-0.1, -0.05) is 30.3 Å². The summed E-state index contributed by atoms with van der Waals surface area (Å²) >= 11 is 0. The number of hydrogen-bond donors (Lipinski definition) is 2. The molecule has 0 radical (unpaired) electrons. The van der Waals surface area contributed by atoms with Crippen LogP contribution in [0.5, 0.6) is 0 Å². The molecule has 3 rings (SSSR count). The van der Waals surface area contributed by atoms with E-state index in [4.69, 9.17) is 14.3 Å². The third-order valence-electron chi connectivity index (χ3n) is 6.21. The van der Waals surface area contributed by atoms with Crippen molar-refractivity contribution < 1.29 is 38.6 Å². The molecule has 2 N–H and O–H groups in total. The van der Waals surface area contributed by atoms with E-state index in [1.165, 1.54) is 9.96 Å². The van der Waals surface area contributed by atoms with Gasteiger partial charge in [0.15, 0.2) is 5.82 Å². The molecule has 1 unspecified atom stereocenters. The fraction of sp³-hybridized carbons (Fsp3) is 0.481. The lowest BCUT2D eigenvalue weighted by molar-refractivity contribution is -0.157. The number of aromatic nitrogens is 2. The average Bonchev–Trinajstić information content (AvgIpc) is 2.95. The highest BCUT2D eigenvalue weighted by atomic mass is 16.8. The van der Waals surface area contributed by atoms with E-state index in [2.05, 4.69) is 15.3 Å². The zero-order valence-corrected chi connectivity index (χ0v) is 22.9. The van der Waals surface area contributed by atoms with Gasteiger partial charge in [0.25, 0.3) is 5.91 Å². The second-order valence-electron chi connectivity index (χ2n) is 9.17. The number of hydroxylamine groups is 2. The molecule has 2 amide bonds. The molecule has 0 bridgehead atoms. The minimum absolute atomic E-state index is 0.0490. The van der Waals surface area contributed by atoms with Crippen LogP contribution in [0.25, 0.3) is 11.4 Å². The summed E-state index contributed by atoms with van der Waals surface area (Å²) in [5, 5.41) is 13.3. The molecular formula is C27H35N5O8. The van der Waals surface area contributed by atoms with Gasteiger partial charge in [0.1, 0.15) is 11.7 Å². The van der Waals surface area contributed by atoms with Crippen LogP contribution in [0.2, 0.25) is 0 Å². The molecule has 1 aliphatic heterocycles. The monoisotopic (exact) mass is 557 g/mol. The third kappa shape index (κ3) is 8.99. The van der Waals surface area contributed by atoms with Crippen molar-refractivity contribution in [1.29, 1.82) is 0 Å². The molecule has 2 atom stereocenters. The Morgan fingerprint density at radius 2 is 1.77 bits per heavy atom. The molecule has 1 aromatic heterocycles. The normalized spacial score (nSPS) is 15.1. The van der Waals surface area contributed by atoms with Crippen molar-refractivity contribution in [2.45, 2.75) is 45.3 Å². The highest BCUT2D eigenvalue weighted by molar-refractivity contribution is 5.96. The van der Waals surface area contributed by atoms with Gasteiger partial charge in [-0.15, -0.1) is 5.06 Å². The highest BCUT2D eigenvalue weighted by Gasteiger charge is 2.31. The fourth-order valence-electron chi connectivity index (χ4n) is 4.04. The molecule has 0 spiro atoms. The Morgan fingerprint density at radius 3 is 2.40 bits per heavy atom. The van der Waals surface area contributed by atoms with Crippen molar-refractivity contribution in [2.24, 2.45) is 0 Å². The van der Waals surface area contributed by atoms with E-state index in [1.807, 2.05) is 37.3 Å². The Kier molecular flexibility index (Phi) is 11.3. The maximum absolute atomic E-state index is 13.4. The van der Waals surface area contributed by atoms with Gasteiger partial charge in [0.2, 0.25) is 5.91 Å². The number of nitrogens with one attached hydrogen (secondary N) is 1. The molecule has 2 aromatic rings. The second kappa shape index (κ2) is 14.9. The second-order valence-corrected chi connectivity index (χ2v) is 9.17. The number of carboxylic acid groups (broad SMARTS) is 1. The van der Waals surface area contributed by atoms with Crippen molar-refractivity contribution in [1.82, 2.24) is 25.2 Å². The minimum atomic E-state index is -1.10. The van der Waals surface area contributed by atoms with Gasteiger partial charge in [-0.2, -0.15) is 0 Å². The van der Waals surface area contributed by atoms with Gasteiger partial charge in [0, 0.05) is 44.3 Å². The zero-order chi connectivity index (χ0) is 29.1. The van der Waals surface area contributed by atoms with Crippen LogP contribution in [0.15, 0.2) is 36.4 Å². The van der Waals surface area contributed by atoms with Crippen LogP contribution in [-0.4, -0.2) is 101 Å². The van der Waals surface area contributed by atoms with E-state index < -0.39 is 30.0 Å². The number of piperazine rings is 1. The molecule has 2 heterocycles. The number of carbonyl (C=O) groups excluding carboxylic acids is 3. The van der Waals surface area contributed by atoms with Gasteiger partial charge in [-0.05, 0) is 26.3 Å². The fourth-order valence-corrected chi connectivity index (χ4v) is 4.04. The van der Waals surface area contributed by atoms with E-state index >= 15 is 0 Å². The summed E-state index contributed by atoms with van der Waals surface area (Å²) in [5.41, 5.74) is 1.34. The summed E-state index contributed by atoms with van der Waals surface area (Å²) in [6.07, 6.45) is -0.987. The van der Waals surface area contributed by atoms with Crippen molar-refractivity contribution in [2.75, 3.05) is 39.9 Å². The first kappa shape index (κ1) is 30.4. The number of ether oxygens (including phenoxy) is 2. The number of methoxy groups -OCH3 is 1. The van der Waals surface area contributed by atoms with Gasteiger partial charge in [-0.3, -0.25) is 14.4 Å². The van der Waals surface area contributed by atoms with Crippen LogP contribution < -0.4 is 5.32 Å². The van der Waals surface area contributed by atoms with Crippen LogP contribution in [0.4, 0.5) is 4.79 Å². The SMILES string of the molecule is CCOC(=O)ON1CCN(C(=O)C(CCC(=O)O)NC(=O)c2cc(C[C@H](C)OC)nc(-c3ccccc3)n2)CC1. The van der Waals surface area contributed by atoms with E-state index in [1.54, 1.807) is 20.1 Å². The first-order chi connectivity index (χ1) is 19.2. The predicted molar refractivity (Wildman–Crippen MR) is 142 cm³/mol. The predicted octanol–water partition coefficient (Wildman–Crippen LogP) is 1.92. The molecule has 0 saturated carbocycles. The topological polar surface area (TPSA) is 160 Å².